The predicted octanol–water partition coefficient (Wildman–Crippen LogP) is 1.50. The Morgan fingerprint density at radius 1 is 1.29 bits per heavy atom. The van der Waals surface area contributed by atoms with Gasteiger partial charge in [0.2, 0.25) is 17.7 Å². The topological polar surface area (TPSA) is 92.5 Å². The lowest BCUT2D eigenvalue weighted by Gasteiger charge is -2.15. The average molecular weight is 310 g/mol. The minimum atomic E-state index is -0.495. The van der Waals surface area contributed by atoms with E-state index in [4.69, 9.17) is 17.3 Å². The van der Waals surface area contributed by atoms with Crippen molar-refractivity contribution in [2.24, 2.45) is 11.8 Å². The zero-order valence-electron chi connectivity index (χ0n) is 11.7. The van der Waals surface area contributed by atoms with Crippen molar-refractivity contribution in [3.05, 3.63) is 23.2 Å². The van der Waals surface area contributed by atoms with Crippen LogP contribution in [-0.2, 0) is 14.4 Å². The molecule has 3 N–H and O–H groups in total. The number of nitrogens with one attached hydrogen (secondary N) is 1. The Labute approximate surface area is 127 Å². The third-order valence-electron chi connectivity index (χ3n) is 3.63. The largest absolute Gasteiger partial charge is 0.399 e. The van der Waals surface area contributed by atoms with Gasteiger partial charge in [-0.25, -0.2) is 0 Å². The molecule has 2 unspecified atom stereocenters. The van der Waals surface area contributed by atoms with Crippen LogP contribution in [0.5, 0.6) is 0 Å². The fourth-order valence-corrected chi connectivity index (χ4v) is 2.32. The third kappa shape index (κ3) is 3.00. The van der Waals surface area contributed by atoms with Gasteiger partial charge in [-0.05, 0) is 18.2 Å². The van der Waals surface area contributed by atoms with Gasteiger partial charge in [0.15, 0.2) is 0 Å². The zero-order valence-corrected chi connectivity index (χ0v) is 12.5. The van der Waals surface area contributed by atoms with Gasteiger partial charge in [-0.2, -0.15) is 0 Å². The lowest BCUT2D eigenvalue weighted by Crippen LogP contribution is -2.38. The number of halogens is 1. The maximum absolute atomic E-state index is 12.0. The van der Waals surface area contributed by atoms with Crippen LogP contribution in [0.1, 0.15) is 13.8 Å². The first-order valence-electron chi connectivity index (χ1n) is 6.51. The Morgan fingerprint density at radius 3 is 2.43 bits per heavy atom. The van der Waals surface area contributed by atoms with Gasteiger partial charge >= 0.3 is 0 Å². The Balaban J connectivity index is 2.07. The van der Waals surface area contributed by atoms with Gasteiger partial charge in [0.25, 0.3) is 0 Å². The fourth-order valence-electron chi connectivity index (χ4n) is 2.16. The van der Waals surface area contributed by atoms with Gasteiger partial charge in [0, 0.05) is 17.5 Å². The van der Waals surface area contributed by atoms with Crippen LogP contribution in [-0.4, -0.2) is 29.2 Å². The monoisotopic (exact) mass is 309 g/mol. The van der Waals surface area contributed by atoms with Crippen LogP contribution in [0.4, 0.5) is 11.4 Å². The molecule has 0 radical (unpaired) electrons. The highest BCUT2D eigenvalue weighted by molar-refractivity contribution is 6.33. The second-order valence-corrected chi connectivity index (χ2v) is 5.53. The van der Waals surface area contributed by atoms with Gasteiger partial charge < -0.3 is 11.1 Å². The van der Waals surface area contributed by atoms with Gasteiger partial charge in [0.1, 0.15) is 6.54 Å². The second-order valence-electron chi connectivity index (χ2n) is 5.13. The molecule has 1 aromatic carbocycles. The van der Waals surface area contributed by atoms with E-state index < -0.39 is 17.7 Å². The van der Waals surface area contributed by atoms with Crippen molar-refractivity contribution in [3.8, 4) is 0 Å². The maximum atomic E-state index is 12.0. The Morgan fingerprint density at radius 2 is 1.86 bits per heavy atom. The molecule has 0 spiro atoms. The molecule has 1 aliphatic heterocycles. The van der Waals surface area contributed by atoms with Gasteiger partial charge in [0.05, 0.1) is 10.7 Å². The summed E-state index contributed by atoms with van der Waals surface area (Å²) < 4.78 is 0. The number of rotatable bonds is 3. The van der Waals surface area contributed by atoms with Gasteiger partial charge in [-0.15, -0.1) is 0 Å². The third-order valence-corrected chi connectivity index (χ3v) is 3.96. The Hall–Kier alpha value is -2.08. The van der Waals surface area contributed by atoms with Crippen LogP contribution in [0.25, 0.3) is 0 Å². The number of benzene rings is 1. The molecule has 0 bridgehead atoms. The summed E-state index contributed by atoms with van der Waals surface area (Å²) in [6, 6.07) is 4.68. The maximum Gasteiger partial charge on any atom is 0.244 e. The molecule has 0 aliphatic carbocycles. The number of likely N-dealkylation sites (tertiary alicyclic amines) is 1. The molecule has 3 amide bonds. The smallest absolute Gasteiger partial charge is 0.244 e. The van der Waals surface area contributed by atoms with E-state index >= 15 is 0 Å². The number of hydrogen-bond acceptors (Lipinski definition) is 4. The van der Waals surface area contributed by atoms with Crippen LogP contribution >= 0.6 is 11.6 Å². The fraction of sp³-hybridized carbons (Fsp3) is 0.357. The van der Waals surface area contributed by atoms with E-state index in [1.54, 1.807) is 26.0 Å². The average Bonchev–Trinajstić information content (AvgIpc) is 2.61. The summed E-state index contributed by atoms with van der Waals surface area (Å²) in [5.41, 5.74) is 6.42. The zero-order chi connectivity index (χ0) is 15.7. The SMILES string of the molecule is CC1C(=O)N(CC(=O)Nc2cc(N)ccc2Cl)C(=O)C1C. The molecule has 7 heteroatoms. The number of nitrogens with zero attached hydrogens (tertiary/aromatic N) is 1. The molecule has 1 heterocycles. The highest BCUT2D eigenvalue weighted by Gasteiger charge is 2.42. The molecule has 1 saturated heterocycles. The first kappa shape index (κ1) is 15.3. The normalized spacial score (nSPS) is 21.8. The van der Waals surface area contributed by atoms with Crippen molar-refractivity contribution < 1.29 is 14.4 Å². The van der Waals surface area contributed by atoms with Crippen molar-refractivity contribution in [1.82, 2.24) is 4.90 Å². The van der Waals surface area contributed by atoms with Crippen LogP contribution in [0, 0.1) is 11.8 Å². The van der Waals surface area contributed by atoms with E-state index in [9.17, 15) is 14.4 Å². The Bertz CT molecular complexity index is 597. The standard InChI is InChI=1S/C14H16ClN3O3/c1-7-8(2)14(21)18(13(7)20)6-12(19)17-11-5-9(16)3-4-10(11)15/h3-5,7-8H,6,16H2,1-2H3,(H,17,19). The molecule has 21 heavy (non-hydrogen) atoms. The van der Waals surface area contributed by atoms with E-state index in [1.807, 2.05) is 0 Å². The minimum absolute atomic E-state index is 0.322. The van der Waals surface area contributed by atoms with E-state index in [-0.39, 0.29) is 18.4 Å². The molecule has 2 atom stereocenters. The van der Waals surface area contributed by atoms with Gasteiger partial charge in [-0.3, -0.25) is 19.3 Å². The van der Waals surface area contributed by atoms with Gasteiger partial charge in [-0.1, -0.05) is 25.4 Å². The molecule has 0 saturated carbocycles. The van der Waals surface area contributed by atoms with Crippen LogP contribution in [0.3, 0.4) is 0 Å². The van der Waals surface area contributed by atoms with Crippen molar-refractivity contribution >= 4 is 40.7 Å². The molecule has 2 rings (SSSR count). The number of carbonyl (C=O) groups is 3. The van der Waals surface area contributed by atoms with Crippen LogP contribution < -0.4 is 11.1 Å². The number of nitrogen functional groups attached to an aromatic ring is 1. The van der Waals surface area contributed by atoms with Crippen molar-refractivity contribution in [2.75, 3.05) is 17.6 Å². The lowest BCUT2D eigenvalue weighted by molar-refractivity contribution is -0.142. The number of hydrogen-bond donors (Lipinski definition) is 2. The number of imide groups is 1. The van der Waals surface area contributed by atoms with Crippen molar-refractivity contribution in [1.29, 1.82) is 0 Å². The second kappa shape index (κ2) is 5.73. The predicted molar refractivity (Wildman–Crippen MR) is 79.5 cm³/mol. The quantitative estimate of drug-likeness (QED) is 0.653. The number of amides is 3. The first-order chi connectivity index (χ1) is 9.81. The molecular formula is C14H16ClN3O3. The molecular weight excluding hydrogens is 294 g/mol. The first-order valence-corrected chi connectivity index (χ1v) is 6.89. The Kier molecular flexibility index (Phi) is 4.18. The summed E-state index contributed by atoms with van der Waals surface area (Å²) in [6.07, 6.45) is 0. The van der Waals surface area contributed by atoms with Crippen molar-refractivity contribution in [3.63, 3.8) is 0 Å². The van der Waals surface area contributed by atoms with Crippen LogP contribution in [0.2, 0.25) is 5.02 Å². The number of nitrogens with two attached hydrogens (primary N) is 1. The van der Waals surface area contributed by atoms with E-state index in [0.29, 0.717) is 16.4 Å². The summed E-state index contributed by atoms with van der Waals surface area (Å²) in [7, 11) is 0. The highest BCUT2D eigenvalue weighted by Crippen LogP contribution is 2.26. The summed E-state index contributed by atoms with van der Waals surface area (Å²) >= 11 is 5.94. The summed E-state index contributed by atoms with van der Waals surface area (Å²) in [5, 5.41) is 2.88. The summed E-state index contributed by atoms with van der Waals surface area (Å²) in [4.78, 5) is 36.8. The minimum Gasteiger partial charge on any atom is -0.399 e. The van der Waals surface area contributed by atoms with E-state index in [2.05, 4.69) is 5.32 Å². The number of carbonyl (C=O) groups excluding carboxylic acids is 3. The summed E-state index contributed by atoms with van der Waals surface area (Å²) in [6.45, 7) is 3.03. The summed E-state index contributed by atoms with van der Waals surface area (Å²) in [5.74, 6) is -1.96. The van der Waals surface area contributed by atoms with E-state index in [1.165, 1.54) is 6.07 Å². The van der Waals surface area contributed by atoms with E-state index in [0.717, 1.165) is 4.90 Å². The molecule has 1 aromatic rings. The molecule has 1 fully saturated rings. The van der Waals surface area contributed by atoms with Crippen molar-refractivity contribution in [2.45, 2.75) is 13.8 Å². The lowest BCUT2D eigenvalue weighted by atomic mass is 10.00. The molecule has 1 aliphatic rings. The number of anilines is 2. The molecule has 6 nitrogen and oxygen atoms in total. The molecule has 0 aromatic heterocycles. The highest BCUT2D eigenvalue weighted by atomic mass is 35.5. The van der Waals surface area contributed by atoms with Crippen LogP contribution in [0.15, 0.2) is 18.2 Å². The molecule has 112 valence electrons.